The molecule has 0 saturated carbocycles. The molecule has 0 bridgehead atoms. The summed E-state index contributed by atoms with van der Waals surface area (Å²) in [6.07, 6.45) is 2.40. The number of hydrogen-bond donors (Lipinski definition) is 1. The van der Waals surface area contributed by atoms with E-state index >= 15 is 0 Å². The van der Waals surface area contributed by atoms with E-state index < -0.39 is 0 Å². The summed E-state index contributed by atoms with van der Waals surface area (Å²) in [5.74, 6) is 1.22. The van der Waals surface area contributed by atoms with Crippen molar-refractivity contribution in [2.45, 2.75) is 58.8 Å². The first-order valence-corrected chi connectivity index (χ1v) is 10.7. The van der Waals surface area contributed by atoms with Crippen LogP contribution in [-0.2, 0) is 13.1 Å². The van der Waals surface area contributed by atoms with Gasteiger partial charge in [0.2, 0.25) is 0 Å². The zero-order valence-electron chi connectivity index (χ0n) is 17.8. The van der Waals surface area contributed by atoms with Crippen molar-refractivity contribution in [2.75, 3.05) is 6.54 Å². The Morgan fingerprint density at radius 3 is 2.21 bits per heavy atom. The maximum Gasteiger partial charge on any atom is 0.0292 e. The van der Waals surface area contributed by atoms with Crippen LogP contribution in [0.5, 0.6) is 0 Å². The van der Waals surface area contributed by atoms with E-state index in [4.69, 9.17) is 0 Å². The van der Waals surface area contributed by atoms with E-state index in [1.54, 1.807) is 0 Å². The molecule has 0 radical (unpaired) electrons. The summed E-state index contributed by atoms with van der Waals surface area (Å²) in [6, 6.07) is 22.6. The molecule has 0 spiro atoms. The fourth-order valence-electron chi connectivity index (χ4n) is 4.60. The van der Waals surface area contributed by atoms with Crippen molar-refractivity contribution in [3.8, 4) is 0 Å². The maximum atomic E-state index is 4.35. The molecule has 0 aliphatic carbocycles. The first-order valence-electron chi connectivity index (χ1n) is 10.7. The molecule has 1 aliphatic heterocycles. The zero-order valence-corrected chi connectivity index (χ0v) is 17.8. The summed E-state index contributed by atoms with van der Waals surface area (Å²) < 4.78 is 0. The van der Waals surface area contributed by atoms with E-state index in [2.05, 4.69) is 98.2 Å². The first-order chi connectivity index (χ1) is 13.5. The van der Waals surface area contributed by atoms with Gasteiger partial charge in [-0.3, -0.25) is 4.90 Å². The molecule has 150 valence electrons. The van der Waals surface area contributed by atoms with E-state index in [1.165, 1.54) is 29.5 Å². The molecule has 0 amide bonds. The lowest BCUT2D eigenvalue weighted by Crippen LogP contribution is -2.58. The van der Waals surface area contributed by atoms with Gasteiger partial charge in [-0.05, 0) is 49.3 Å². The highest BCUT2D eigenvalue weighted by Crippen LogP contribution is 2.32. The van der Waals surface area contributed by atoms with Crippen LogP contribution in [0.3, 0.4) is 0 Å². The van der Waals surface area contributed by atoms with Crippen molar-refractivity contribution in [3.63, 3.8) is 0 Å². The number of nitrogens with one attached hydrogen (secondary N) is 1. The average molecular weight is 377 g/mol. The van der Waals surface area contributed by atoms with Gasteiger partial charge in [0.25, 0.3) is 0 Å². The maximum absolute atomic E-state index is 4.35. The summed E-state index contributed by atoms with van der Waals surface area (Å²) in [7, 11) is 0. The fraction of sp³-hybridized carbons (Fsp3) is 0.462. The molecule has 0 aromatic heterocycles. The second-order valence-electron chi connectivity index (χ2n) is 8.79. The molecule has 1 saturated heterocycles. The number of hydrogen-bond acceptors (Lipinski definition) is 2. The van der Waals surface area contributed by atoms with Gasteiger partial charge in [0.1, 0.15) is 0 Å². The third kappa shape index (κ3) is 5.56. The molecule has 1 N–H and O–H groups in total. The van der Waals surface area contributed by atoms with Gasteiger partial charge in [0.05, 0.1) is 0 Å². The van der Waals surface area contributed by atoms with Crippen molar-refractivity contribution >= 4 is 0 Å². The van der Waals surface area contributed by atoms with E-state index in [9.17, 15) is 0 Å². The summed E-state index contributed by atoms with van der Waals surface area (Å²) in [5.41, 5.74) is 4.08. The Kier molecular flexibility index (Phi) is 7.47. The number of rotatable bonds is 8. The minimum atomic E-state index is 0.442. The molecule has 2 heteroatoms. The van der Waals surface area contributed by atoms with Gasteiger partial charge in [-0.25, -0.2) is 0 Å². The van der Waals surface area contributed by atoms with Crippen LogP contribution in [0, 0.1) is 11.8 Å². The highest BCUT2D eigenvalue weighted by Gasteiger charge is 2.38. The predicted molar refractivity (Wildman–Crippen MR) is 120 cm³/mol. The number of likely N-dealkylation sites (tertiary alicyclic amines) is 1. The van der Waals surface area contributed by atoms with E-state index in [0.717, 1.165) is 19.6 Å². The largest absolute Gasteiger partial charge is 0.308 e. The van der Waals surface area contributed by atoms with Crippen molar-refractivity contribution < 1.29 is 0 Å². The van der Waals surface area contributed by atoms with Gasteiger partial charge in [-0.1, -0.05) is 86.7 Å². The van der Waals surface area contributed by atoms with Crippen molar-refractivity contribution in [1.29, 1.82) is 0 Å². The van der Waals surface area contributed by atoms with Gasteiger partial charge in [0, 0.05) is 25.2 Å². The van der Waals surface area contributed by atoms with Crippen molar-refractivity contribution in [1.82, 2.24) is 10.2 Å². The Labute approximate surface area is 171 Å². The average Bonchev–Trinajstić information content (AvgIpc) is 2.69. The molecule has 1 fully saturated rings. The number of piperidine rings is 1. The molecule has 2 aromatic carbocycles. The molecule has 0 unspecified atom stereocenters. The van der Waals surface area contributed by atoms with Crippen molar-refractivity contribution in [3.05, 3.63) is 83.9 Å². The second kappa shape index (κ2) is 10.0. The molecule has 3 rings (SSSR count). The normalized spacial score (nSPS) is 23.1. The molecule has 3 atom stereocenters. The quantitative estimate of drug-likeness (QED) is 0.598. The van der Waals surface area contributed by atoms with Crippen LogP contribution in [0.15, 0.2) is 72.8 Å². The Morgan fingerprint density at radius 1 is 1.04 bits per heavy atom. The van der Waals surface area contributed by atoms with Gasteiger partial charge in [-0.15, -0.1) is 0 Å². The minimum absolute atomic E-state index is 0.442. The second-order valence-corrected chi connectivity index (χ2v) is 8.79. The Hall–Kier alpha value is -1.90. The fourth-order valence-corrected chi connectivity index (χ4v) is 4.60. The minimum Gasteiger partial charge on any atom is -0.308 e. The summed E-state index contributed by atoms with van der Waals surface area (Å²) >= 11 is 0. The summed E-state index contributed by atoms with van der Waals surface area (Å²) in [5, 5.41) is 3.94. The lowest BCUT2D eigenvalue weighted by Gasteiger charge is -2.47. The van der Waals surface area contributed by atoms with Crippen LogP contribution in [0.4, 0.5) is 0 Å². The molecular formula is C26H36N2. The van der Waals surface area contributed by atoms with Gasteiger partial charge in [0.15, 0.2) is 0 Å². The smallest absolute Gasteiger partial charge is 0.0292 e. The topological polar surface area (TPSA) is 15.3 Å². The Morgan fingerprint density at radius 2 is 1.64 bits per heavy atom. The molecule has 1 aliphatic rings. The number of benzene rings is 2. The van der Waals surface area contributed by atoms with E-state index in [1.807, 2.05) is 0 Å². The lowest BCUT2D eigenvalue weighted by molar-refractivity contribution is 0.0618. The van der Waals surface area contributed by atoms with Crippen LogP contribution in [-0.4, -0.2) is 23.5 Å². The Balaban J connectivity index is 1.81. The van der Waals surface area contributed by atoms with Crippen LogP contribution < -0.4 is 5.32 Å². The predicted octanol–water partition coefficient (Wildman–Crippen LogP) is 5.66. The molecule has 2 nitrogen and oxygen atoms in total. The first kappa shape index (κ1) is 20.8. The summed E-state index contributed by atoms with van der Waals surface area (Å²) in [4.78, 5) is 2.71. The Bertz CT molecular complexity index is 723. The third-order valence-corrected chi connectivity index (χ3v) is 6.00. The van der Waals surface area contributed by atoms with Crippen molar-refractivity contribution in [2.24, 2.45) is 11.8 Å². The molecule has 28 heavy (non-hydrogen) atoms. The number of nitrogens with zero attached hydrogens (tertiary/aromatic N) is 1. The van der Waals surface area contributed by atoms with Gasteiger partial charge in [-0.2, -0.15) is 0 Å². The van der Waals surface area contributed by atoms with E-state index in [0.29, 0.717) is 23.9 Å². The zero-order chi connectivity index (χ0) is 19.9. The van der Waals surface area contributed by atoms with E-state index in [-0.39, 0.29) is 0 Å². The molecule has 2 aromatic rings. The van der Waals surface area contributed by atoms with Gasteiger partial charge >= 0.3 is 0 Å². The van der Waals surface area contributed by atoms with Crippen LogP contribution >= 0.6 is 0 Å². The van der Waals surface area contributed by atoms with Gasteiger partial charge < -0.3 is 5.32 Å². The van der Waals surface area contributed by atoms with Crippen LogP contribution in [0.1, 0.15) is 44.7 Å². The third-order valence-electron chi connectivity index (χ3n) is 6.00. The molecule has 1 heterocycles. The SMILES string of the molecule is C=C(C)[C@H]1CCN(Cc2ccccc2)[C@H](CC(C)C)[C@H]1NCc1ccccc1. The van der Waals surface area contributed by atoms with Crippen LogP contribution in [0.25, 0.3) is 0 Å². The monoisotopic (exact) mass is 376 g/mol. The summed E-state index contributed by atoms with van der Waals surface area (Å²) in [6.45, 7) is 14.3. The highest BCUT2D eigenvalue weighted by molar-refractivity contribution is 5.17. The highest BCUT2D eigenvalue weighted by atomic mass is 15.2. The lowest BCUT2D eigenvalue weighted by atomic mass is 9.78. The standard InChI is InChI=1S/C26H36N2/c1-20(2)17-25-26(27-18-22-11-7-5-8-12-22)24(21(3)4)15-16-28(25)19-23-13-9-6-10-14-23/h5-14,20,24-27H,3,15-19H2,1-2,4H3/t24-,25-,26+/m1/s1. The van der Waals surface area contributed by atoms with Crippen LogP contribution in [0.2, 0.25) is 0 Å². The molecular weight excluding hydrogens is 340 g/mol.